The molecule has 6 aromatic rings. The summed E-state index contributed by atoms with van der Waals surface area (Å²) >= 11 is 3.64. The third kappa shape index (κ3) is 9.27. The molecule has 9 heteroatoms. The average molecular weight is 876 g/mol. The molecule has 0 unspecified atom stereocenters. The summed E-state index contributed by atoms with van der Waals surface area (Å²) in [5, 5.41) is 1.70. The standard InChI is InChI=1S/C53H50N2O4S3/c1-35-29-37(3)52(38(4)30-35)54(25-27-60-43-15-9-7-10-16-43)41-21-23-45-48(33-41)59-49-34-42(22-24-46(49)51(45)47-19-13-14-20-50(47)62(56,57)58)55(26-28-61-44-17-11-8-12-18-44)53-39(5)31-36(2)32-40(53)6/h7-24,29-34H,25-28H2,1-6H3/p+1. The lowest BCUT2D eigenvalue weighted by molar-refractivity contribution is 0.483. The maximum Gasteiger partial charge on any atom is 0.295 e. The number of nitrogens with zero attached hydrogens (tertiary/aromatic N) is 2. The first-order chi connectivity index (χ1) is 29.9. The second-order valence-corrected chi connectivity index (χ2v) is 19.7. The minimum absolute atomic E-state index is 0.155. The molecular formula is C53H51N2O4S3+. The van der Waals surface area contributed by atoms with E-state index in [1.165, 1.54) is 49.2 Å². The summed E-state index contributed by atoms with van der Waals surface area (Å²) in [7, 11) is -4.58. The van der Waals surface area contributed by atoms with Crippen LogP contribution in [0.4, 0.5) is 17.1 Å². The van der Waals surface area contributed by atoms with Gasteiger partial charge in [0, 0.05) is 78.8 Å². The zero-order chi connectivity index (χ0) is 43.5. The van der Waals surface area contributed by atoms with Gasteiger partial charge in [0.25, 0.3) is 10.1 Å². The number of hydrogen-bond acceptors (Lipinski definition) is 6. The molecule has 0 aromatic heterocycles. The molecular weight excluding hydrogens is 825 g/mol. The van der Waals surface area contributed by atoms with Gasteiger partial charge in [0.1, 0.15) is 16.2 Å². The molecule has 62 heavy (non-hydrogen) atoms. The normalized spacial score (nSPS) is 12.2. The van der Waals surface area contributed by atoms with Gasteiger partial charge < -0.3 is 9.32 Å². The van der Waals surface area contributed by atoms with Gasteiger partial charge in [-0.1, -0.05) is 77.9 Å². The fourth-order valence-electron chi connectivity index (χ4n) is 8.87. The van der Waals surface area contributed by atoms with Crippen molar-refractivity contribution in [1.82, 2.24) is 4.58 Å². The van der Waals surface area contributed by atoms with Crippen LogP contribution in [0.1, 0.15) is 33.4 Å². The van der Waals surface area contributed by atoms with Crippen LogP contribution in [0, 0.1) is 41.5 Å². The minimum atomic E-state index is -4.58. The van der Waals surface area contributed by atoms with E-state index in [1.54, 1.807) is 18.2 Å². The summed E-state index contributed by atoms with van der Waals surface area (Å²) in [4.78, 5) is 4.65. The summed E-state index contributed by atoms with van der Waals surface area (Å²) < 4.78 is 45.9. The first-order valence-electron chi connectivity index (χ1n) is 20.8. The molecule has 8 rings (SSSR count). The van der Waals surface area contributed by atoms with Crippen LogP contribution in [0.5, 0.6) is 0 Å². The van der Waals surface area contributed by atoms with E-state index >= 15 is 0 Å². The van der Waals surface area contributed by atoms with Crippen molar-refractivity contribution in [2.75, 3.05) is 29.5 Å². The number of thioether (sulfide) groups is 2. The summed E-state index contributed by atoms with van der Waals surface area (Å²) in [5.41, 5.74) is 12.8. The molecule has 6 nitrogen and oxygen atoms in total. The van der Waals surface area contributed by atoms with Crippen molar-refractivity contribution in [1.29, 1.82) is 0 Å². The molecule has 314 valence electrons. The van der Waals surface area contributed by atoms with Gasteiger partial charge in [-0.3, -0.25) is 4.55 Å². The molecule has 6 aromatic carbocycles. The van der Waals surface area contributed by atoms with E-state index in [2.05, 4.69) is 148 Å². The molecule has 0 bridgehead atoms. The van der Waals surface area contributed by atoms with Gasteiger partial charge in [0.15, 0.2) is 6.54 Å². The number of anilines is 2. The topological polar surface area (TPSA) is 73.8 Å². The number of aryl methyl sites for hydroxylation is 6. The monoisotopic (exact) mass is 875 g/mol. The summed E-state index contributed by atoms with van der Waals surface area (Å²) in [6, 6.07) is 48.9. The van der Waals surface area contributed by atoms with Crippen LogP contribution >= 0.6 is 23.5 Å². The van der Waals surface area contributed by atoms with Crippen LogP contribution in [-0.4, -0.2) is 37.6 Å². The molecule has 0 atom stereocenters. The van der Waals surface area contributed by atoms with Gasteiger partial charge in [0.05, 0.1) is 11.8 Å². The Balaban J connectivity index is 1.36. The fourth-order valence-corrected chi connectivity index (χ4v) is 11.3. The third-order valence-corrected chi connectivity index (χ3v) is 14.1. The van der Waals surface area contributed by atoms with Gasteiger partial charge in [-0.05, 0) is 113 Å². The molecule has 2 aliphatic rings. The second-order valence-electron chi connectivity index (χ2n) is 15.9. The summed E-state index contributed by atoms with van der Waals surface area (Å²) in [5.74, 6) is 2.29. The average Bonchev–Trinajstić information content (AvgIpc) is 3.24. The van der Waals surface area contributed by atoms with Crippen molar-refractivity contribution in [2.45, 2.75) is 56.2 Å². The first-order valence-corrected chi connectivity index (χ1v) is 24.2. The minimum Gasteiger partial charge on any atom is -0.456 e. The van der Waals surface area contributed by atoms with Crippen molar-refractivity contribution >= 4 is 61.7 Å². The quantitative estimate of drug-likeness (QED) is 0.0535. The molecule has 0 fully saturated rings. The number of hydrogen-bond donors (Lipinski definition) is 1. The maximum atomic E-state index is 13.0. The Hall–Kier alpha value is -5.58. The van der Waals surface area contributed by atoms with E-state index in [0.29, 0.717) is 22.5 Å². The Kier molecular flexibility index (Phi) is 12.8. The highest BCUT2D eigenvalue weighted by Crippen LogP contribution is 2.44. The van der Waals surface area contributed by atoms with Crippen molar-refractivity contribution < 1.29 is 17.4 Å². The van der Waals surface area contributed by atoms with Crippen LogP contribution in [-0.2, 0) is 10.1 Å². The lowest BCUT2D eigenvalue weighted by atomic mass is 9.93. The lowest BCUT2D eigenvalue weighted by Gasteiger charge is -2.29. The number of benzene rings is 7. The summed E-state index contributed by atoms with van der Waals surface area (Å²) in [6.45, 7) is 14.4. The van der Waals surface area contributed by atoms with Gasteiger partial charge in [0.2, 0.25) is 11.0 Å². The molecule has 1 N–H and O–H groups in total. The lowest BCUT2D eigenvalue weighted by Crippen LogP contribution is -2.29. The van der Waals surface area contributed by atoms with Crippen molar-refractivity contribution in [3.8, 4) is 22.5 Å². The van der Waals surface area contributed by atoms with E-state index in [1.807, 2.05) is 47.8 Å². The zero-order valence-corrected chi connectivity index (χ0v) is 38.4. The van der Waals surface area contributed by atoms with Crippen molar-refractivity contribution in [3.63, 3.8) is 0 Å². The highest BCUT2D eigenvalue weighted by atomic mass is 32.2. The molecule has 0 spiro atoms. The zero-order valence-electron chi connectivity index (χ0n) is 36.0. The third-order valence-electron chi connectivity index (χ3n) is 11.2. The molecule has 0 amide bonds. The maximum absolute atomic E-state index is 13.0. The Morgan fingerprint density at radius 3 is 1.82 bits per heavy atom. The van der Waals surface area contributed by atoms with Gasteiger partial charge in [-0.15, -0.1) is 23.5 Å². The number of rotatable bonds is 13. The largest absolute Gasteiger partial charge is 0.456 e. The van der Waals surface area contributed by atoms with Crippen LogP contribution in [0.25, 0.3) is 33.4 Å². The molecule has 0 saturated carbocycles. The van der Waals surface area contributed by atoms with Crippen LogP contribution in [0.2, 0.25) is 0 Å². The predicted molar refractivity (Wildman–Crippen MR) is 261 cm³/mol. The van der Waals surface area contributed by atoms with Crippen molar-refractivity contribution in [3.05, 3.63) is 184 Å². The molecule has 0 radical (unpaired) electrons. The molecule has 1 aliphatic heterocycles. The van der Waals surface area contributed by atoms with Crippen molar-refractivity contribution in [2.24, 2.45) is 0 Å². The van der Waals surface area contributed by atoms with Crippen LogP contribution in [0.15, 0.2) is 165 Å². The SMILES string of the molecule is Cc1cc(C)c(N(CCSc2ccccc2)c2ccc3c(-c4ccccc4S(=O)(=O)O)c4ccc(=[N+](CCSc5ccccc5)c5c(C)cc(C)cc5C)cc-4oc3c2)c(C)c1. The van der Waals surface area contributed by atoms with E-state index in [9.17, 15) is 13.0 Å². The first kappa shape index (κ1) is 43.1. The van der Waals surface area contributed by atoms with E-state index in [0.717, 1.165) is 58.0 Å². The van der Waals surface area contributed by atoms with Gasteiger partial charge in [-0.25, -0.2) is 0 Å². The van der Waals surface area contributed by atoms with E-state index in [4.69, 9.17) is 4.42 Å². The highest BCUT2D eigenvalue weighted by molar-refractivity contribution is 7.99. The Morgan fingerprint density at radius 2 is 1.19 bits per heavy atom. The van der Waals surface area contributed by atoms with Gasteiger partial charge in [-0.2, -0.15) is 13.0 Å². The Morgan fingerprint density at radius 1 is 0.613 bits per heavy atom. The van der Waals surface area contributed by atoms with Crippen LogP contribution < -0.4 is 14.8 Å². The number of fused-ring (bicyclic) bond motifs is 2. The Labute approximate surface area is 374 Å². The fraction of sp³-hybridized carbons (Fsp3) is 0.189. The predicted octanol–water partition coefficient (Wildman–Crippen LogP) is 13.1. The van der Waals surface area contributed by atoms with E-state index < -0.39 is 10.1 Å². The molecule has 1 heterocycles. The Bertz CT molecular complexity index is 3030. The summed E-state index contributed by atoms with van der Waals surface area (Å²) in [6.07, 6.45) is 0. The second kappa shape index (κ2) is 18.4. The highest BCUT2D eigenvalue weighted by Gasteiger charge is 2.26. The van der Waals surface area contributed by atoms with Crippen LogP contribution in [0.3, 0.4) is 0 Å². The molecule has 0 saturated heterocycles. The molecule has 1 aliphatic carbocycles. The van der Waals surface area contributed by atoms with E-state index in [-0.39, 0.29) is 4.90 Å². The van der Waals surface area contributed by atoms with Gasteiger partial charge >= 0.3 is 0 Å². The smallest absolute Gasteiger partial charge is 0.295 e.